The van der Waals surface area contributed by atoms with Gasteiger partial charge in [0.1, 0.15) is 0 Å². The molecular weight excluding hydrogens is 360 g/mol. The molecule has 1 aromatic carbocycles. The van der Waals surface area contributed by atoms with E-state index in [0.717, 1.165) is 34.6 Å². The molecule has 98 valence electrons. The Morgan fingerprint density at radius 3 is 2.28 bits per heavy atom. The minimum Gasteiger partial charge on any atom is -0.345 e. The standard InChI is InChI=1S/C13H16Br2N2O/c14-10-5-9(6-11(15)7-10)12(18)17-13(8-16)3-1-2-4-13/h5-7H,1-4,8,16H2,(H,17,18). The number of hydrogen-bond acceptors (Lipinski definition) is 2. The van der Waals surface area contributed by atoms with Crippen LogP contribution < -0.4 is 11.1 Å². The number of benzene rings is 1. The summed E-state index contributed by atoms with van der Waals surface area (Å²) in [7, 11) is 0. The van der Waals surface area contributed by atoms with Gasteiger partial charge in [0, 0.05) is 21.1 Å². The molecule has 0 heterocycles. The smallest absolute Gasteiger partial charge is 0.251 e. The molecule has 0 radical (unpaired) electrons. The second-order valence-electron chi connectivity index (χ2n) is 4.80. The van der Waals surface area contributed by atoms with Crippen molar-refractivity contribution in [3.8, 4) is 0 Å². The number of nitrogens with two attached hydrogens (primary N) is 1. The molecule has 0 aromatic heterocycles. The first-order valence-electron chi connectivity index (χ1n) is 6.03. The first-order valence-corrected chi connectivity index (χ1v) is 7.62. The van der Waals surface area contributed by atoms with Crippen molar-refractivity contribution < 1.29 is 4.79 Å². The minimum atomic E-state index is -0.203. The van der Waals surface area contributed by atoms with Crippen molar-refractivity contribution in [1.82, 2.24) is 5.32 Å². The maximum atomic E-state index is 12.3. The Bertz CT molecular complexity index is 436. The first kappa shape index (κ1) is 14.0. The summed E-state index contributed by atoms with van der Waals surface area (Å²) < 4.78 is 1.77. The average Bonchev–Trinajstić information content (AvgIpc) is 2.77. The molecule has 0 aliphatic heterocycles. The fourth-order valence-corrected chi connectivity index (χ4v) is 3.72. The highest BCUT2D eigenvalue weighted by atomic mass is 79.9. The third-order valence-corrected chi connectivity index (χ3v) is 4.37. The van der Waals surface area contributed by atoms with Crippen molar-refractivity contribution in [2.75, 3.05) is 6.54 Å². The normalized spacial score (nSPS) is 17.7. The molecule has 1 fully saturated rings. The van der Waals surface area contributed by atoms with Crippen molar-refractivity contribution in [2.24, 2.45) is 5.73 Å². The van der Waals surface area contributed by atoms with Gasteiger partial charge in [-0.15, -0.1) is 0 Å². The van der Waals surface area contributed by atoms with E-state index in [4.69, 9.17) is 5.73 Å². The minimum absolute atomic E-state index is 0.0515. The molecule has 0 atom stereocenters. The largest absolute Gasteiger partial charge is 0.345 e. The van der Waals surface area contributed by atoms with Gasteiger partial charge in [-0.25, -0.2) is 0 Å². The highest BCUT2D eigenvalue weighted by Gasteiger charge is 2.34. The monoisotopic (exact) mass is 374 g/mol. The van der Waals surface area contributed by atoms with E-state index >= 15 is 0 Å². The number of amides is 1. The van der Waals surface area contributed by atoms with Crippen LogP contribution in [0.3, 0.4) is 0 Å². The van der Waals surface area contributed by atoms with E-state index in [2.05, 4.69) is 37.2 Å². The highest BCUT2D eigenvalue weighted by molar-refractivity contribution is 9.11. The van der Waals surface area contributed by atoms with Crippen molar-refractivity contribution in [3.05, 3.63) is 32.7 Å². The van der Waals surface area contributed by atoms with Gasteiger partial charge < -0.3 is 11.1 Å². The molecular formula is C13H16Br2N2O. The molecule has 1 aromatic rings. The lowest BCUT2D eigenvalue weighted by Gasteiger charge is -2.28. The molecule has 3 nitrogen and oxygen atoms in total. The number of hydrogen-bond donors (Lipinski definition) is 2. The van der Waals surface area contributed by atoms with E-state index < -0.39 is 0 Å². The van der Waals surface area contributed by atoms with Crippen LogP contribution in [-0.4, -0.2) is 18.0 Å². The Balaban J connectivity index is 2.16. The third kappa shape index (κ3) is 3.13. The van der Waals surface area contributed by atoms with Gasteiger partial charge in [0.05, 0.1) is 5.54 Å². The average molecular weight is 376 g/mol. The van der Waals surface area contributed by atoms with Crippen LogP contribution in [0, 0.1) is 0 Å². The van der Waals surface area contributed by atoms with Gasteiger partial charge >= 0.3 is 0 Å². The summed E-state index contributed by atoms with van der Waals surface area (Å²) in [5.74, 6) is -0.0515. The molecule has 0 unspecified atom stereocenters. The Labute approximate surface area is 124 Å². The van der Waals surface area contributed by atoms with Gasteiger partial charge in [0.25, 0.3) is 5.91 Å². The van der Waals surface area contributed by atoms with Crippen LogP contribution in [0.2, 0.25) is 0 Å². The topological polar surface area (TPSA) is 55.1 Å². The van der Waals surface area contributed by atoms with Gasteiger partial charge in [0.2, 0.25) is 0 Å². The molecule has 0 spiro atoms. The quantitative estimate of drug-likeness (QED) is 0.852. The Morgan fingerprint density at radius 1 is 1.22 bits per heavy atom. The van der Waals surface area contributed by atoms with Crippen molar-refractivity contribution in [2.45, 2.75) is 31.2 Å². The SMILES string of the molecule is NCC1(NC(=O)c2cc(Br)cc(Br)c2)CCCC1. The van der Waals surface area contributed by atoms with Crippen LogP contribution >= 0.6 is 31.9 Å². The van der Waals surface area contributed by atoms with E-state index in [9.17, 15) is 4.79 Å². The lowest BCUT2D eigenvalue weighted by atomic mass is 9.97. The van der Waals surface area contributed by atoms with Crippen molar-refractivity contribution in [3.63, 3.8) is 0 Å². The fraction of sp³-hybridized carbons (Fsp3) is 0.462. The number of carbonyl (C=O) groups is 1. The lowest BCUT2D eigenvalue weighted by molar-refractivity contribution is 0.0903. The summed E-state index contributed by atoms with van der Waals surface area (Å²) in [4.78, 5) is 12.3. The van der Waals surface area contributed by atoms with Gasteiger partial charge in [-0.05, 0) is 31.0 Å². The Morgan fingerprint density at radius 2 is 1.78 bits per heavy atom. The Kier molecular flexibility index (Phi) is 4.45. The molecule has 0 bridgehead atoms. The maximum Gasteiger partial charge on any atom is 0.251 e. The summed E-state index contributed by atoms with van der Waals surface area (Å²) in [5, 5.41) is 3.11. The highest BCUT2D eigenvalue weighted by Crippen LogP contribution is 2.29. The molecule has 1 aliphatic rings. The van der Waals surface area contributed by atoms with E-state index in [1.54, 1.807) is 0 Å². The summed E-state index contributed by atoms with van der Waals surface area (Å²) >= 11 is 6.78. The first-order chi connectivity index (χ1) is 8.54. The summed E-state index contributed by atoms with van der Waals surface area (Å²) in [6.07, 6.45) is 4.23. The van der Waals surface area contributed by atoms with Crippen LogP contribution in [0.1, 0.15) is 36.0 Å². The predicted molar refractivity (Wildman–Crippen MR) is 79.6 cm³/mol. The van der Waals surface area contributed by atoms with Gasteiger partial charge in [-0.2, -0.15) is 0 Å². The number of rotatable bonds is 3. The van der Waals surface area contributed by atoms with E-state index in [-0.39, 0.29) is 11.4 Å². The van der Waals surface area contributed by atoms with E-state index in [1.807, 2.05) is 18.2 Å². The molecule has 1 amide bonds. The molecule has 0 saturated heterocycles. The molecule has 3 N–H and O–H groups in total. The van der Waals surface area contributed by atoms with Gasteiger partial charge in [-0.1, -0.05) is 44.7 Å². The summed E-state index contributed by atoms with van der Waals surface area (Å²) in [6, 6.07) is 5.55. The molecule has 2 rings (SSSR count). The maximum absolute atomic E-state index is 12.3. The fourth-order valence-electron chi connectivity index (χ4n) is 2.43. The van der Waals surface area contributed by atoms with E-state index in [1.165, 1.54) is 0 Å². The zero-order valence-electron chi connectivity index (χ0n) is 10.0. The summed E-state index contributed by atoms with van der Waals surface area (Å²) in [5.41, 5.74) is 6.27. The predicted octanol–water partition coefficient (Wildman–Crippen LogP) is 3.21. The van der Waals surface area contributed by atoms with Crippen molar-refractivity contribution in [1.29, 1.82) is 0 Å². The van der Waals surface area contributed by atoms with Crippen LogP contribution in [0.15, 0.2) is 27.1 Å². The lowest BCUT2D eigenvalue weighted by Crippen LogP contribution is -2.51. The second-order valence-corrected chi connectivity index (χ2v) is 6.64. The van der Waals surface area contributed by atoms with Crippen LogP contribution in [0.5, 0.6) is 0 Å². The van der Waals surface area contributed by atoms with Gasteiger partial charge in [-0.3, -0.25) is 4.79 Å². The van der Waals surface area contributed by atoms with Crippen LogP contribution in [-0.2, 0) is 0 Å². The number of nitrogens with one attached hydrogen (secondary N) is 1. The zero-order chi connectivity index (χ0) is 13.2. The molecule has 1 aliphatic carbocycles. The van der Waals surface area contributed by atoms with Crippen molar-refractivity contribution >= 4 is 37.8 Å². The van der Waals surface area contributed by atoms with E-state index in [0.29, 0.717) is 12.1 Å². The third-order valence-electron chi connectivity index (χ3n) is 3.45. The zero-order valence-corrected chi connectivity index (χ0v) is 13.2. The number of halogens is 2. The second kappa shape index (κ2) is 5.72. The molecule has 1 saturated carbocycles. The van der Waals surface area contributed by atoms with Crippen LogP contribution in [0.4, 0.5) is 0 Å². The number of carbonyl (C=O) groups excluding carboxylic acids is 1. The van der Waals surface area contributed by atoms with Gasteiger partial charge in [0.15, 0.2) is 0 Å². The Hall–Kier alpha value is -0.390. The van der Waals surface area contributed by atoms with Crippen LogP contribution in [0.25, 0.3) is 0 Å². The molecule has 18 heavy (non-hydrogen) atoms. The molecule has 5 heteroatoms. The summed E-state index contributed by atoms with van der Waals surface area (Å²) in [6.45, 7) is 0.508.